The number of nitrogens with one attached hydrogen (secondary N) is 1. The van der Waals surface area contributed by atoms with Crippen molar-refractivity contribution < 1.29 is 4.79 Å². The van der Waals surface area contributed by atoms with Gasteiger partial charge in [-0.2, -0.15) is 20.1 Å². The van der Waals surface area contributed by atoms with Crippen molar-refractivity contribution in [2.24, 2.45) is 5.10 Å². The maximum atomic E-state index is 12.7. The molecular weight excluding hydrogens is 390 g/mol. The summed E-state index contributed by atoms with van der Waals surface area (Å²) in [6.07, 6.45) is 1.48. The van der Waals surface area contributed by atoms with Crippen LogP contribution in [0.3, 0.4) is 0 Å². The van der Waals surface area contributed by atoms with E-state index in [0.717, 1.165) is 15.8 Å². The predicted octanol–water partition coefficient (Wildman–Crippen LogP) is 3.14. The number of nitrogens with zero attached hydrogens (tertiary/aromatic N) is 4. The van der Waals surface area contributed by atoms with E-state index in [1.54, 1.807) is 18.2 Å². The van der Waals surface area contributed by atoms with E-state index in [1.165, 1.54) is 13.1 Å². The van der Waals surface area contributed by atoms with Gasteiger partial charge in [-0.3, -0.25) is 9.59 Å². The molecule has 0 bridgehead atoms. The van der Waals surface area contributed by atoms with Crippen molar-refractivity contribution in [2.75, 3.05) is 0 Å². The zero-order valence-corrected chi connectivity index (χ0v) is 16.4. The van der Waals surface area contributed by atoms with Crippen LogP contribution >= 0.6 is 11.6 Å². The largest absolute Gasteiger partial charge is 0.292 e. The standard InChI is InChI=1S/C21H16ClN5O2/c1-13-8-9-16(10-18(13)22)27-21(29)17(11-23)14(2)19(26-27)20(28)25-24-12-15-6-4-3-5-7-15/h3-10,12H,1-2H3,(H,25,28)/b24-12+. The molecule has 0 atom stereocenters. The predicted molar refractivity (Wildman–Crippen MR) is 111 cm³/mol. The van der Waals surface area contributed by atoms with Gasteiger partial charge in [0.25, 0.3) is 11.5 Å². The Morgan fingerprint density at radius 2 is 1.97 bits per heavy atom. The van der Waals surface area contributed by atoms with Gasteiger partial charge in [0.2, 0.25) is 0 Å². The molecule has 3 rings (SSSR count). The molecule has 3 aromatic rings. The highest BCUT2D eigenvalue weighted by Crippen LogP contribution is 2.19. The molecule has 0 fully saturated rings. The Morgan fingerprint density at radius 3 is 2.62 bits per heavy atom. The van der Waals surface area contributed by atoms with Gasteiger partial charge in [0.1, 0.15) is 11.6 Å². The molecule has 1 heterocycles. The summed E-state index contributed by atoms with van der Waals surface area (Å²) in [7, 11) is 0. The van der Waals surface area contributed by atoms with E-state index in [9.17, 15) is 14.9 Å². The number of amides is 1. The molecule has 29 heavy (non-hydrogen) atoms. The lowest BCUT2D eigenvalue weighted by Gasteiger charge is -2.11. The fourth-order valence-electron chi connectivity index (χ4n) is 2.60. The van der Waals surface area contributed by atoms with Gasteiger partial charge < -0.3 is 0 Å². The van der Waals surface area contributed by atoms with Crippen molar-refractivity contribution in [3.63, 3.8) is 0 Å². The molecule has 144 valence electrons. The summed E-state index contributed by atoms with van der Waals surface area (Å²) >= 11 is 6.14. The molecule has 7 nitrogen and oxygen atoms in total. The smallest absolute Gasteiger partial charge is 0.266 e. The Hall–Kier alpha value is -3.76. The third-order valence-electron chi connectivity index (χ3n) is 4.24. The summed E-state index contributed by atoms with van der Waals surface area (Å²) in [6.45, 7) is 3.32. The van der Waals surface area contributed by atoms with Crippen molar-refractivity contribution >= 4 is 23.7 Å². The number of hydrazone groups is 1. The topological polar surface area (TPSA) is 100 Å². The third-order valence-corrected chi connectivity index (χ3v) is 4.65. The van der Waals surface area contributed by atoms with Crippen molar-refractivity contribution in [2.45, 2.75) is 13.8 Å². The van der Waals surface area contributed by atoms with Crippen LogP contribution in [0.2, 0.25) is 5.02 Å². The molecule has 1 N–H and O–H groups in total. The first kappa shape index (κ1) is 20.0. The number of aromatic nitrogens is 2. The summed E-state index contributed by atoms with van der Waals surface area (Å²) in [4.78, 5) is 25.3. The summed E-state index contributed by atoms with van der Waals surface area (Å²) in [5.74, 6) is -0.641. The lowest BCUT2D eigenvalue weighted by molar-refractivity contribution is 0.0947. The Labute approximate surface area is 171 Å². The molecular formula is C21H16ClN5O2. The SMILES string of the molecule is Cc1ccc(-n2nc(C(=O)N/N=C/c3ccccc3)c(C)c(C#N)c2=O)cc1Cl. The zero-order chi connectivity index (χ0) is 21.0. The summed E-state index contributed by atoms with van der Waals surface area (Å²) in [5.41, 5.74) is 3.65. The second-order valence-electron chi connectivity index (χ2n) is 6.22. The Kier molecular flexibility index (Phi) is 5.86. The fraction of sp³-hybridized carbons (Fsp3) is 0.0952. The van der Waals surface area contributed by atoms with Crippen LogP contribution in [0.4, 0.5) is 0 Å². The molecule has 2 aromatic carbocycles. The minimum absolute atomic E-state index is 0.0805. The zero-order valence-electron chi connectivity index (χ0n) is 15.7. The minimum Gasteiger partial charge on any atom is -0.266 e. The van der Waals surface area contributed by atoms with Crippen LogP contribution in [0.1, 0.15) is 32.7 Å². The van der Waals surface area contributed by atoms with E-state index in [0.29, 0.717) is 10.7 Å². The average molecular weight is 406 g/mol. The van der Waals surface area contributed by atoms with Crippen LogP contribution in [0.15, 0.2) is 58.4 Å². The molecule has 0 saturated heterocycles. The van der Waals surface area contributed by atoms with Gasteiger partial charge in [-0.15, -0.1) is 0 Å². The minimum atomic E-state index is -0.641. The van der Waals surface area contributed by atoms with Gasteiger partial charge in [0.05, 0.1) is 11.9 Å². The molecule has 8 heteroatoms. The van der Waals surface area contributed by atoms with Gasteiger partial charge in [0, 0.05) is 10.6 Å². The molecule has 0 saturated carbocycles. The number of benzene rings is 2. The molecule has 0 aliphatic carbocycles. The fourth-order valence-corrected chi connectivity index (χ4v) is 2.77. The Morgan fingerprint density at radius 1 is 1.24 bits per heavy atom. The number of rotatable bonds is 4. The summed E-state index contributed by atoms with van der Waals surface area (Å²) < 4.78 is 0.993. The number of carbonyl (C=O) groups excluding carboxylic acids is 1. The van der Waals surface area contributed by atoms with Crippen molar-refractivity contribution in [3.05, 3.63) is 91.9 Å². The van der Waals surface area contributed by atoms with Crippen molar-refractivity contribution in [1.29, 1.82) is 5.26 Å². The van der Waals surface area contributed by atoms with Gasteiger partial charge in [-0.05, 0) is 37.1 Å². The van der Waals surface area contributed by atoms with Crippen LogP contribution in [0.5, 0.6) is 0 Å². The third kappa shape index (κ3) is 4.23. The first-order valence-electron chi connectivity index (χ1n) is 8.61. The number of halogens is 1. The molecule has 1 amide bonds. The lowest BCUT2D eigenvalue weighted by atomic mass is 10.1. The highest BCUT2D eigenvalue weighted by atomic mass is 35.5. The number of hydrogen-bond donors (Lipinski definition) is 1. The molecule has 1 aromatic heterocycles. The van der Waals surface area contributed by atoms with Crippen molar-refractivity contribution in [1.82, 2.24) is 15.2 Å². The van der Waals surface area contributed by atoms with E-state index in [1.807, 2.05) is 43.3 Å². The Balaban J connectivity index is 2.01. The molecule has 0 unspecified atom stereocenters. The first-order valence-corrected chi connectivity index (χ1v) is 8.99. The van der Waals surface area contributed by atoms with Crippen LogP contribution in [-0.2, 0) is 0 Å². The average Bonchev–Trinajstić information content (AvgIpc) is 2.71. The number of nitriles is 1. The van der Waals surface area contributed by atoms with Gasteiger partial charge >= 0.3 is 0 Å². The van der Waals surface area contributed by atoms with E-state index in [4.69, 9.17) is 11.6 Å². The van der Waals surface area contributed by atoms with E-state index < -0.39 is 11.5 Å². The van der Waals surface area contributed by atoms with E-state index >= 15 is 0 Å². The van der Waals surface area contributed by atoms with Crippen LogP contribution < -0.4 is 11.0 Å². The van der Waals surface area contributed by atoms with Crippen LogP contribution in [-0.4, -0.2) is 21.9 Å². The van der Waals surface area contributed by atoms with Crippen LogP contribution in [0.25, 0.3) is 5.69 Å². The monoisotopic (exact) mass is 405 g/mol. The first-order chi connectivity index (χ1) is 13.9. The highest BCUT2D eigenvalue weighted by molar-refractivity contribution is 6.31. The Bertz CT molecular complexity index is 1210. The maximum absolute atomic E-state index is 12.7. The molecule has 0 spiro atoms. The lowest BCUT2D eigenvalue weighted by Crippen LogP contribution is -2.31. The number of aryl methyl sites for hydroxylation is 1. The van der Waals surface area contributed by atoms with Gasteiger partial charge in [-0.25, -0.2) is 5.43 Å². The number of carbonyl (C=O) groups is 1. The van der Waals surface area contributed by atoms with Crippen LogP contribution in [0, 0.1) is 25.2 Å². The molecule has 0 radical (unpaired) electrons. The normalized spacial score (nSPS) is 10.7. The summed E-state index contributed by atoms with van der Waals surface area (Å²) in [5, 5.41) is 17.9. The number of hydrogen-bond acceptors (Lipinski definition) is 5. The quantitative estimate of drug-likeness (QED) is 0.532. The molecule has 0 aliphatic rings. The maximum Gasteiger partial charge on any atom is 0.292 e. The summed E-state index contributed by atoms with van der Waals surface area (Å²) in [6, 6.07) is 16.0. The van der Waals surface area contributed by atoms with Gasteiger partial charge in [0.15, 0.2) is 5.69 Å². The van der Waals surface area contributed by atoms with Crippen molar-refractivity contribution in [3.8, 4) is 11.8 Å². The second-order valence-corrected chi connectivity index (χ2v) is 6.63. The highest BCUT2D eigenvalue weighted by Gasteiger charge is 2.20. The van der Waals surface area contributed by atoms with Gasteiger partial charge in [-0.1, -0.05) is 48.0 Å². The van der Waals surface area contributed by atoms with E-state index in [2.05, 4.69) is 15.6 Å². The molecule has 0 aliphatic heterocycles. The second kappa shape index (κ2) is 8.50. The van der Waals surface area contributed by atoms with E-state index in [-0.39, 0.29) is 16.8 Å².